The molecule has 0 saturated carbocycles. The predicted octanol–water partition coefficient (Wildman–Crippen LogP) is 10.0. The molecule has 3 rings (SSSR count). The smallest absolute Gasteiger partial charge is 0.161 e. The number of benzene rings is 3. The number of hydrogen-bond donors (Lipinski definition) is 0. The van der Waals surface area contributed by atoms with Crippen LogP contribution in [0.1, 0.15) is 87.8 Å². The van der Waals surface area contributed by atoms with E-state index in [0.29, 0.717) is 13.2 Å². The van der Waals surface area contributed by atoms with Gasteiger partial charge in [-0.3, -0.25) is 0 Å². The van der Waals surface area contributed by atoms with Gasteiger partial charge >= 0.3 is 0 Å². The number of rotatable bonds is 20. The molecule has 3 aromatic carbocycles. The van der Waals surface area contributed by atoms with Gasteiger partial charge in [0.15, 0.2) is 11.5 Å². The van der Waals surface area contributed by atoms with Gasteiger partial charge in [-0.15, -0.1) is 0 Å². The molecule has 37 heavy (non-hydrogen) atoms. The van der Waals surface area contributed by atoms with E-state index in [2.05, 4.69) is 61.2 Å². The van der Waals surface area contributed by atoms with Gasteiger partial charge in [-0.05, 0) is 53.2 Å². The Morgan fingerprint density at radius 2 is 1.05 bits per heavy atom. The SMILES string of the molecule is CCCCCCCCCCCCSCCc1ccc(OCc2ccccc2)c(OCc2ccccc2)c1. The average molecular weight is 519 g/mol. The van der Waals surface area contributed by atoms with E-state index in [-0.39, 0.29) is 0 Å². The quantitative estimate of drug-likeness (QED) is 0.139. The molecule has 0 aromatic heterocycles. The lowest BCUT2D eigenvalue weighted by atomic mass is 10.1. The Morgan fingerprint density at radius 1 is 0.514 bits per heavy atom. The zero-order chi connectivity index (χ0) is 25.8. The Morgan fingerprint density at radius 3 is 1.65 bits per heavy atom. The third kappa shape index (κ3) is 12.6. The topological polar surface area (TPSA) is 18.5 Å². The highest BCUT2D eigenvalue weighted by Crippen LogP contribution is 2.30. The molecule has 3 aromatic rings. The van der Waals surface area contributed by atoms with Gasteiger partial charge in [0, 0.05) is 0 Å². The Hall–Kier alpha value is -2.39. The molecule has 0 heterocycles. The maximum Gasteiger partial charge on any atom is 0.161 e. The van der Waals surface area contributed by atoms with Gasteiger partial charge in [0.2, 0.25) is 0 Å². The van der Waals surface area contributed by atoms with Crippen molar-refractivity contribution in [1.29, 1.82) is 0 Å². The zero-order valence-electron chi connectivity index (χ0n) is 22.8. The number of unbranched alkanes of at least 4 members (excludes halogenated alkanes) is 9. The van der Waals surface area contributed by atoms with E-state index in [9.17, 15) is 0 Å². The molecule has 0 aliphatic carbocycles. The molecule has 0 radical (unpaired) electrons. The van der Waals surface area contributed by atoms with Gasteiger partial charge in [-0.2, -0.15) is 11.8 Å². The fourth-order valence-electron chi connectivity index (χ4n) is 4.39. The molecule has 0 atom stereocenters. The van der Waals surface area contributed by atoms with Crippen LogP contribution in [0.25, 0.3) is 0 Å². The van der Waals surface area contributed by atoms with Gasteiger partial charge in [0.1, 0.15) is 13.2 Å². The number of hydrogen-bond acceptors (Lipinski definition) is 3. The minimum Gasteiger partial charge on any atom is -0.485 e. The van der Waals surface area contributed by atoms with Crippen LogP contribution < -0.4 is 9.47 Å². The lowest BCUT2D eigenvalue weighted by Gasteiger charge is -2.15. The molecule has 3 heteroatoms. The van der Waals surface area contributed by atoms with Crippen LogP contribution in [0.2, 0.25) is 0 Å². The number of aryl methyl sites for hydroxylation is 1. The molecule has 0 aliphatic rings. The van der Waals surface area contributed by atoms with Crippen LogP contribution in [0.3, 0.4) is 0 Å². The van der Waals surface area contributed by atoms with Crippen molar-refractivity contribution >= 4 is 11.8 Å². The summed E-state index contributed by atoms with van der Waals surface area (Å²) in [6.45, 7) is 3.37. The summed E-state index contributed by atoms with van der Waals surface area (Å²) in [6.07, 6.45) is 15.1. The number of ether oxygens (including phenoxy) is 2. The van der Waals surface area contributed by atoms with Gasteiger partial charge < -0.3 is 9.47 Å². The Labute approximate surface area is 230 Å². The van der Waals surface area contributed by atoms with E-state index in [1.807, 2.05) is 36.4 Å². The van der Waals surface area contributed by atoms with Gasteiger partial charge in [0.25, 0.3) is 0 Å². The van der Waals surface area contributed by atoms with E-state index in [1.165, 1.54) is 75.5 Å². The molecule has 0 aliphatic heterocycles. The predicted molar refractivity (Wildman–Crippen MR) is 161 cm³/mol. The maximum absolute atomic E-state index is 6.24. The number of thioether (sulfide) groups is 1. The molecule has 2 nitrogen and oxygen atoms in total. The van der Waals surface area contributed by atoms with Crippen molar-refractivity contribution in [3.05, 3.63) is 95.6 Å². The minimum absolute atomic E-state index is 0.538. The summed E-state index contributed by atoms with van der Waals surface area (Å²) < 4.78 is 12.4. The third-order valence-corrected chi connectivity index (χ3v) is 7.73. The summed E-state index contributed by atoms with van der Waals surface area (Å²) >= 11 is 2.08. The lowest BCUT2D eigenvalue weighted by Crippen LogP contribution is -2.02. The van der Waals surface area contributed by atoms with Gasteiger partial charge in [0.05, 0.1) is 0 Å². The van der Waals surface area contributed by atoms with Crippen LogP contribution in [0.5, 0.6) is 11.5 Å². The summed E-state index contributed by atoms with van der Waals surface area (Å²) in [5, 5.41) is 0. The molecule has 200 valence electrons. The molecule has 0 unspecified atom stereocenters. The van der Waals surface area contributed by atoms with Gasteiger partial charge in [-0.1, -0.05) is 131 Å². The molecular formula is C34H46O2S. The van der Waals surface area contributed by atoms with Crippen LogP contribution in [-0.4, -0.2) is 11.5 Å². The van der Waals surface area contributed by atoms with Crippen LogP contribution in [0, 0.1) is 0 Å². The fourth-order valence-corrected chi connectivity index (χ4v) is 5.39. The lowest BCUT2D eigenvalue weighted by molar-refractivity contribution is 0.255. The molecule has 0 N–H and O–H groups in total. The van der Waals surface area contributed by atoms with E-state index in [0.717, 1.165) is 34.8 Å². The van der Waals surface area contributed by atoms with Crippen LogP contribution in [-0.2, 0) is 19.6 Å². The van der Waals surface area contributed by atoms with E-state index >= 15 is 0 Å². The van der Waals surface area contributed by atoms with Crippen LogP contribution in [0.15, 0.2) is 78.9 Å². The monoisotopic (exact) mass is 518 g/mol. The Kier molecular flexibility index (Phi) is 14.8. The molecule has 0 saturated heterocycles. The summed E-state index contributed by atoms with van der Waals surface area (Å²) in [5.74, 6) is 4.06. The second-order valence-corrected chi connectivity index (χ2v) is 11.1. The molecule has 0 spiro atoms. The summed E-state index contributed by atoms with van der Waals surface area (Å²) in [6, 6.07) is 27.1. The highest BCUT2D eigenvalue weighted by atomic mass is 32.2. The normalized spacial score (nSPS) is 10.9. The zero-order valence-corrected chi connectivity index (χ0v) is 23.7. The Balaban J connectivity index is 1.38. The van der Waals surface area contributed by atoms with Crippen molar-refractivity contribution in [3.8, 4) is 11.5 Å². The van der Waals surface area contributed by atoms with Crippen molar-refractivity contribution in [3.63, 3.8) is 0 Å². The summed E-state index contributed by atoms with van der Waals surface area (Å²) in [4.78, 5) is 0. The first kappa shape index (κ1) is 29.2. The fraction of sp³-hybridized carbons (Fsp3) is 0.471. The maximum atomic E-state index is 6.24. The van der Waals surface area contributed by atoms with Crippen molar-refractivity contribution in [1.82, 2.24) is 0 Å². The van der Waals surface area contributed by atoms with E-state index < -0.39 is 0 Å². The highest BCUT2D eigenvalue weighted by molar-refractivity contribution is 7.99. The second kappa shape index (κ2) is 18.8. The standard InChI is InChI=1S/C34H46O2S/c1-2-3-4-5-6-7-8-9-10-17-25-37-26-24-30-22-23-33(35-28-31-18-13-11-14-19-31)34(27-30)36-29-32-20-15-12-16-21-32/h11-16,18-23,27H,2-10,17,24-26,28-29H2,1H3. The highest BCUT2D eigenvalue weighted by Gasteiger charge is 2.09. The van der Waals surface area contributed by atoms with Crippen molar-refractivity contribution < 1.29 is 9.47 Å². The van der Waals surface area contributed by atoms with E-state index in [4.69, 9.17) is 9.47 Å². The third-order valence-electron chi connectivity index (χ3n) is 6.66. The first-order chi connectivity index (χ1) is 18.3. The van der Waals surface area contributed by atoms with Gasteiger partial charge in [-0.25, -0.2) is 0 Å². The second-order valence-electron chi connectivity index (χ2n) is 9.87. The Bertz CT molecular complexity index is 958. The van der Waals surface area contributed by atoms with E-state index in [1.54, 1.807) is 0 Å². The molecule has 0 bridgehead atoms. The van der Waals surface area contributed by atoms with Crippen molar-refractivity contribution in [2.45, 2.75) is 90.8 Å². The van der Waals surface area contributed by atoms with Crippen molar-refractivity contribution in [2.75, 3.05) is 11.5 Å². The minimum atomic E-state index is 0.538. The average Bonchev–Trinajstić information content (AvgIpc) is 2.95. The summed E-state index contributed by atoms with van der Waals surface area (Å²) in [7, 11) is 0. The molecular weight excluding hydrogens is 472 g/mol. The molecule has 0 amide bonds. The largest absolute Gasteiger partial charge is 0.485 e. The summed E-state index contributed by atoms with van der Waals surface area (Å²) in [5.41, 5.74) is 3.63. The first-order valence-electron chi connectivity index (χ1n) is 14.4. The molecule has 0 fully saturated rings. The van der Waals surface area contributed by atoms with Crippen molar-refractivity contribution in [2.24, 2.45) is 0 Å². The first-order valence-corrected chi connectivity index (χ1v) is 15.5. The van der Waals surface area contributed by atoms with Crippen LogP contribution in [0.4, 0.5) is 0 Å². The van der Waals surface area contributed by atoms with Crippen LogP contribution >= 0.6 is 11.8 Å².